The molecule has 0 bridgehead atoms. The lowest BCUT2D eigenvalue weighted by atomic mass is 10.1. The van der Waals surface area contributed by atoms with Crippen LogP contribution in [0, 0.1) is 16.7 Å². The number of hydrogen-bond donors (Lipinski definition) is 2. The van der Waals surface area contributed by atoms with Crippen LogP contribution in [0.15, 0.2) is 58.8 Å². The number of nitrogens with one attached hydrogen (secondary N) is 2. The maximum absolute atomic E-state index is 9.50. The molecular formula is C21H16N6O2S. The number of fused-ring (bicyclic) bond motifs is 2. The first kappa shape index (κ1) is 18.3. The Morgan fingerprint density at radius 2 is 2.00 bits per heavy atom. The molecule has 3 heterocycles. The van der Waals surface area contributed by atoms with E-state index in [2.05, 4.69) is 33.2 Å². The number of aromatic nitrogens is 4. The summed E-state index contributed by atoms with van der Waals surface area (Å²) >= 11 is 1.31. The van der Waals surface area contributed by atoms with Crippen LogP contribution in [0.3, 0.4) is 0 Å². The average Bonchev–Trinajstić information content (AvgIpc) is 3.40. The summed E-state index contributed by atoms with van der Waals surface area (Å²) in [4.78, 5) is 12.7. The van der Waals surface area contributed by atoms with Crippen LogP contribution in [0.25, 0.3) is 11.2 Å². The van der Waals surface area contributed by atoms with Crippen molar-refractivity contribution in [2.24, 2.45) is 0 Å². The summed E-state index contributed by atoms with van der Waals surface area (Å²) < 4.78 is 12.7. The largest absolute Gasteiger partial charge is 0.454 e. The van der Waals surface area contributed by atoms with E-state index >= 15 is 0 Å². The second-order valence-corrected chi connectivity index (χ2v) is 7.71. The monoisotopic (exact) mass is 416 g/mol. The molecule has 148 valence electrons. The zero-order chi connectivity index (χ0) is 20.5. The summed E-state index contributed by atoms with van der Waals surface area (Å²) in [5.74, 6) is 1.17. The Hall–Kier alpha value is -3.77. The number of aryl methyl sites for hydroxylation is 2. The SMILES string of the molecule is N#Cc1cc2c(cc1Sc1nc3c([nH]1)c(=N)ncn3CCc1ccccc1)OCO2. The molecule has 0 saturated heterocycles. The summed E-state index contributed by atoms with van der Waals surface area (Å²) in [6, 6.07) is 15.8. The Bertz CT molecular complexity index is 1340. The third-order valence-corrected chi connectivity index (χ3v) is 5.73. The molecule has 2 aromatic heterocycles. The Kier molecular flexibility index (Phi) is 4.61. The topological polar surface area (TPSA) is 113 Å². The van der Waals surface area contributed by atoms with E-state index in [1.807, 2.05) is 22.8 Å². The minimum atomic E-state index is 0.131. The second-order valence-electron chi connectivity index (χ2n) is 6.68. The fourth-order valence-electron chi connectivity index (χ4n) is 3.27. The summed E-state index contributed by atoms with van der Waals surface area (Å²) in [5, 5.41) is 18.2. The first-order valence-corrected chi connectivity index (χ1v) is 10.1. The van der Waals surface area contributed by atoms with E-state index in [0.29, 0.717) is 44.8 Å². The van der Waals surface area contributed by atoms with Gasteiger partial charge >= 0.3 is 0 Å². The maximum Gasteiger partial charge on any atom is 0.231 e. The van der Waals surface area contributed by atoms with Crippen molar-refractivity contribution >= 4 is 22.9 Å². The molecule has 0 unspecified atom stereocenters. The van der Waals surface area contributed by atoms with Crippen molar-refractivity contribution in [1.82, 2.24) is 19.5 Å². The molecule has 2 aromatic carbocycles. The van der Waals surface area contributed by atoms with Crippen molar-refractivity contribution in [3.63, 3.8) is 0 Å². The van der Waals surface area contributed by atoms with Gasteiger partial charge in [0, 0.05) is 17.5 Å². The van der Waals surface area contributed by atoms with Crippen molar-refractivity contribution in [3.05, 3.63) is 65.4 Å². The van der Waals surface area contributed by atoms with Crippen molar-refractivity contribution in [1.29, 1.82) is 10.7 Å². The van der Waals surface area contributed by atoms with Gasteiger partial charge in [-0.3, -0.25) is 5.41 Å². The molecule has 0 atom stereocenters. The fraction of sp³-hybridized carbons (Fsp3) is 0.143. The standard InChI is InChI=1S/C21H16N6O2S/c22-10-14-8-15-16(29-12-28-15)9-17(14)30-21-25-18-19(23)24-11-27(20(18)26-21)7-6-13-4-2-1-3-5-13/h1-5,8-9,11,23H,6-7,12H2,(H,25,26). The number of ether oxygens (including phenoxy) is 2. The first-order valence-electron chi connectivity index (χ1n) is 9.26. The molecule has 9 heteroatoms. The molecule has 0 saturated carbocycles. The summed E-state index contributed by atoms with van der Waals surface area (Å²) in [6.45, 7) is 0.838. The van der Waals surface area contributed by atoms with Gasteiger partial charge in [0.15, 0.2) is 27.8 Å². The van der Waals surface area contributed by atoms with Crippen LogP contribution >= 0.6 is 11.8 Å². The van der Waals surface area contributed by atoms with Crippen LogP contribution in [-0.4, -0.2) is 26.3 Å². The molecule has 1 aliphatic rings. The summed E-state index contributed by atoms with van der Waals surface area (Å²) in [5.41, 5.74) is 3.05. The van der Waals surface area contributed by atoms with E-state index in [-0.39, 0.29) is 12.3 Å². The minimum absolute atomic E-state index is 0.131. The first-order chi connectivity index (χ1) is 14.7. The summed E-state index contributed by atoms with van der Waals surface area (Å²) in [7, 11) is 0. The Morgan fingerprint density at radius 3 is 2.80 bits per heavy atom. The van der Waals surface area contributed by atoms with E-state index in [1.54, 1.807) is 18.5 Å². The number of imidazole rings is 1. The third kappa shape index (κ3) is 3.38. The van der Waals surface area contributed by atoms with Gasteiger partial charge in [0.1, 0.15) is 11.6 Å². The molecule has 0 spiro atoms. The number of aromatic amines is 1. The van der Waals surface area contributed by atoms with Gasteiger partial charge in [-0.25, -0.2) is 9.97 Å². The van der Waals surface area contributed by atoms with Crippen LogP contribution < -0.4 is 15.0 Å². The number of rotatable bonds is 5. The van der Waals surface area contributed by atoms with Gasteiger partial charge < -0.3 is 19.0 Å². The lowest BCUT2D eigenvalue weighted by molar-refractivity contribution is 0.174. The third-order valence-electron chi connectivity index (χ3n) is 4.78. The molecule has 5 rings (SSSR count). The van der Waals surface area contributed by atoms with Crippen LogP contribution in [0.2, 0.25) is 0 Å². The van der Waals surface area contributed by atoms with Gasteiger partial charge in [0.05, 0.1) is 11.9 Å². The average molecular weight is 416 g/mol. The fourth-order valence-corrected chi connectivity index (χ4v) is 4.14. The van der Waals surface area contributed by atoms with Crippen molar-refractivity contribution in [3.8, 4) is 17.6 Å². The van der Waals surface area contributed by atoms with E-state index in [0.717, 1.165) is 6.42 Å². The zero-order valence-corrected chi connectivity index (χ0v) is 16.6. The van der Waals surface area contributed by atoms with Gasteiger partial charge in [0.2, 0.25) is 6.79 Å². The molecule has 0 fully saturated rings. The van der Waals surface area contributed by atoms with E-state index in [9.17, 15) is 5.26 Å². The predicted octanol–water partition coefficient (Wildman–Crippen LogP) is 3.23. The normalized spacial score (nSPS) is 12.2. The van der Waals surface area contributed by atoms with Crippen LogP contribution in [0.4, 0.5) is 0 Å². The quantitative estimate of drug-likeness (QED) is 0.516. The number of H-pyrrole nitrogens is 1. The molecule has 30 heavy (non-hydrogen) atoms. The number of benzene rings is 2. The predicted molar refractivity (Wildman–Crippen MR) is 109 cm³/mol. The highest BCUT2D eigenvalue weighted by Gasteiger charge is 2.19. The molecular weight excluding hydrogens is 400 g/mol. The van der Waals surface area contributed by atoms with E-state index < -0.39 is 0 Å². The second kappa shape index (κ2) is 7.57. The lowest BCUT2D eigenvalue weighted by Crippen LogP contribution is -2.13. The highest BCUT2D eigenvalue weighted by atomic mass is 32.2. The Balaban J connectivity index is 1.47. The highest BCUT2D eigenvalue weighted by Crippen LogP contribution is 2.40. The molecule has 8 nitrogen and oxygen atoms in total. The molecule has 0 radical (unpaired) electrons. The van der Waals surface area contributed by atoms with E-state index in [4.69, 9.17) is 14.9 Å². The zero-order valence-electron chi connectivity index (χ0n) is 15.8. The lowest BCUT2D eigenvalue weighted by Gasteiger charge is -2.06. The maximum atomic E-state index is 9.50. The van der Waals surface area contributed by atoms with Gasteiger partial charge in [-0.2, -0.15) is 5.26 Å². The molecule has 0 aliphatic carbocycles. The molecule has 2 N–H and O–H groups in total. The van der Waals surface area contributed by atoms with Gasteiger partial charge in [-0.05, 0) is 18.1 Å². The van der Waals surface area contributed by atoms with Crippen molar-refractivity contribution in [2.75, 3.05) is 6.79 Å². The molecule has 0 amide bonds. The van der Waals surface area contributed by atoms with Crippen molar-refractivity contribution in [2.45, 2.75) is 23.0 Å². The van der Waals surface area contributed by atoms with Crippen LogP contribution in [0.5, 0.6) is 11.5 Å². The number of nitriles is 1. The highest BCUT2D eigenvalue weighted by molar-refractivity contribution is 7.99. The number of hydrogen-bond acceptors (Lipinski definition) is 7. The summed E-state index contributed by atoms with van der Waals surface area (Å²) in [6.07, 6.45) is 2.47. The molecule has 1 aliphatic heterocycles. The van der Waals surface area contributed by atoms with E-state index in [1.165, 1.54) is 17.3 Å². The Morgan fingerprint density at radius 1 is 1.20 bits per heavy atom. The smallest absolute Gasteiger partial charge is 0.231 e. The number of nitrogens with zero attached hydrogens (tertiary/aromatic N) is 4. The van der Waals surface area contributed by atoms with Gasteiger partial charge in [-0.15, -0.1) is 0 Å². The van der Waals surface area contributed by atoms with Crippen LogP contribution in [0.1, 0.15) is 11.1 Å². The molecule has 4 aromatic rings. The van der Waals surface area contributed by atoms with Gasteiger partial charge in [-0.1, -0.05) is 42.1 Å². The Labute approximate surface area is 175 Å². The van der Waals surface area contributed by atoms with Crippen molar-refractivity contribution < 1.29 is 9.47 Å². The van der Waals surface area contributed by atoms with Gasteiger partial charge in [0.25, 0.3) is 0 Å². The minimum Gasteiger partial charge on any atom is -0.454 e. The van der Waals surface area contributed by atoms with Crippen LogP contribution in [-0.2, 0) is 13.0 Å².